The molecule has 1 unspecified atom stereocenters. The zero-order valence-corrected chi connectivity index (χ0v) is 49.5. The monoisotopic (exact) mass is 1200 g/mol. The van der Waals surface area contributed by atoms with E-state index in [2.05, 4.69) is 15.8 Å². The first-order valence-corrected chi connectivity index (χ1v) is 29.8. The second-order valence-electron chi connectivity index (χ2n) is 20.7. The van der Waals surface area contributed by atoms with E-state index < -0.39 is 74.5 Å². The number of hydrogen-bond donors (Lipinski definition) is 2. The summed E-state index contributed by atoms with van der Waals surface area (Å²) in [6, 6.07) is 39.0. The Morgan fingerprint density at radius 1 is 0.771 bits per heavy atom. The number of β-lactam (4-membered cyclic amide) rings is 1. The van der Waals surface area contributed by atoms with Crippen molar-refractivity contribution in [2.75, 3.05) is 31.0 Å². The Kier molecular flexibility index (Phi) is 17.8. The summed E-state index contributed by atoms with van der Waals surface area (Å²) in [5, 5.41) is 11.4. The number of ether oxygens (including phenoxy) is 6. The summed E-state index contributed by atoms with van der Waals surface area (Å²) in [5.74, 6) is -2.73. The average molecular weight is 1200 g/mol. The lowest BCUT2D eigenvalue weighted by atomic mass is 9.77. The van der Waals surface area contributed by atoms with Crippen LogP contribution in [0.1, 0.15) is 69.5 Å². The molecule has 2 aliphatic heterocycles. The van der Waals surface area contributed by atoms with Crippen LogP contribution in [-0.2, 0) is 56.4 Å². The molecule has 2 aromatic heterocycles. The van der Waals surface area contributed by atoms with Crippen molar-refractivity contribution >= 4 is 96.3 Å². The molecule has 0 spiro atoms. The summed E-state index contributed by atoms with van der Waals surface area (Å²) >= 11 is 3.44. The fraction of sp³-hybridized carbons (Fsp3) is 0.267. The van der Waals surface area contributed by atoms with Crippen LogP contribution in [0.25, 0.3) is 10.1 Å². The zero-order valence-electron chi connectivity index (χ0n) is 46.2. The van der Waals surface area contributed by atoms with Gasteiger partial charge >= 0.3 is 18.3 Å². The molecule has 2 aliphatic rings. The Bertz CT molecular complexity index is 3630. The molecule has 4 heterocycles. The van der Waals surface area contributed by atoms with Gasteiger partial charge in [0.2, 0.25) is 0 Å². The van der Waals surface area contributed by atoms with Crippen LogP contribution < -0.4 is 30.3 Å². The Morgan fingerprint density at radius 3 is 1.88 bits per heavy atom. The first-order valence-electron chi connectivity index (χ1n) is 25.8. The van der Waals surface area contributed by atoms with Gasteiger partial charge in [0.15, 0.2) is 27.8 Å². The molecule has 0 saturated carbocycles. The Hall–Kier alpha value is -8.38. The number of carbonyl (C=O) groups is 5. The highest BCUT2D eigenvalue weighted by Crippen LogP contribution is 2.43. The lowest BCUT2D eigenvalue weighted by Gasteiger charge is -2.49. The van der Waals surface area contributed by atoms with Gasteiger partial charge in [-0.2, -0.15) is 0 Å². The SMILES string of the molecule is CO/N=C(\C(=O)N[C@@H]1C(=O)N2C(C(=O)OCc3ccc(OC)cc3)=C(CSc3cc(=O)c4cc(OC(=O)OC(C)(C)C)c(OC(=O)OC(C)(C)C)cc4s3)CS(=O)[C@H]12)c1csc(NC(c2ccccc2)(c2ccccc2)c2ccccc2)n1. The van der Waals surface area contributed by atoms with E-state index in [0.29, 0.717) is 25.4 Å². The fourth-order valence-corrected chi connectivity index (χ4v) is 13.8. The number of nitrogens with zero attached hydrogens (tertiary/aromatic N) is 3. The smallest absolute Gasteiger partial charge is 0.497 e. The Balaban J connectivity index is 0.990. The third-order valence-corrected chi connectivity index (χ3v) is 17.4. The molecule has 2 amide bonds. The van der Waals surface area contributed by atoms with Crippen molar-refractivity contribution in [3.05, 3.63) is 188 Å². The quantitative estimate of drug-likeness (QED) is 0.0119. The summed E-state index contributed by atoms with van der Waals surface area (Å²) in [6.45, 7) is 9.63. The number of methoxy groups -OCH3 is 1. The van der Waals surface area contributed by atoms with Crippen LogP contribution >= 0.6 is 34.4 Å². The van der Waals surface area contributed by atoms with E-state index in [4.69, 9.17) is 38.2 Å². The van der Waals surface area contributed by atoms with Crippen LogP contribution in [0.15, 0.2) is 164 Å². The van der Waals surface area contributed by atoms with Gasteiger partial charge in [-0.05, 0) is 87.6 Å². The number of thiazole rings is 1. The molecular formula is C60H57N5O14S4. The van der Waals surface area contributed by atoms with Crippen LogP contribution in [0.2, 0.25) is 0 Å². The van der Waals surface area contributed by atoms with Gasteiger partial charge in [0.05, 0.1) is 27.9 Å². The van der Waals surface area contributed by atoms with Gasteiger partial charge in [0, 0.05) is 33.4 Å². The topological polar surface area (TPSA) is 237 Å². The summed E-state index contributed by atoms with van der Waals surface area (Å²) in [4.78, 5) is 93.9. The number of thioether (sulfide) groups is 1. The maximum atomic E-state index is 14.5. The number of benzene rings is 5. The van der Waals surface area contributed by atoms with E-state index >= 15 is 0 Å². The van der Waals surface area contributed by atoms with Crippen LogP contribution in [-0.4, -0.2) is 98.2 Å². The molecule has 19 nitrogen and oxygen atoms in total. The maximum absolute atomic E-state index is 14.5. The molecule has 430 valence electrons. The fourth-order valence-electron chi connectivity index (χ4n) is 9.03. The van der Waals surface area contributed by atoms with E-state index in [0.717, 1.165) is 44.7 Å². The summed E-state index contributed by atoms with van der Waals surface area (Å²) in [7, 11) is 0.871. The number of oxime groups is 1. The number of fused-ring (bicyclic) bond motifs is 2. The molecule has 83 heavy (non-hydrogen) atoms. The molecule has 1 fully saturated rings. The van der Waals surface area contributed by atoms with Gasteiger partial charge in [-0.1, -0.05) is 108 Å². The minimum Gasteiger partial charge on any atom is -0.497 e. The number of hydrogen-bond acceptors (Lipinski definition) is 20. The van der Waals surface area contributed by atoms with Crippen LogP contribution in [0.3, 0.4) is 0 Å². The molecule has 2 N–H and O–H groups in total. The van der Waals surface area contributed by atoms with E-state index in [1.807, 2.05) is 91.0 Å². The molecule has 0 bridgehead atoms. The third kappa shape index (κ3) is 13.6. The largest absolute Gasteiger partial charge is 0.514 e. The number of rotatable bonds is 18. The highest BCUT2D eigenvalue weighted by Gasteiger charge is 2.57. The second kappa shape index (κ2) is 25.0. The van der Waals surface area contributed by atoms with Crippen molar-refractivity contribution < 1.29 is 61.4 Å². The standard InChI is InChI=1S/C60H57N5O14S4/c1-58(2,3)78-56(70)76-44-28-41-43(66)29-47(82-46(41)30-45(44)77-57(71)79-59(4,5)6)80-32-36-34-83(72)53-49(52(68)65(53)50(36)54(69)75-31-35-24-26-40(73-7)27-25-35)62-51(67)48(64-74-8)42-33-81-55(61-42)63-60(37-18-12-9-13-19-37,38-20-14-10-15-21-38)39-22-16-11-17-23-39/h9-30,33,49,53H,31-32,34H2,1-8H3,(H,61,63)(H,62,67)/b64-48-/t49-,53-,83?/m1/s1. The second-order valence-corrected chi connectivity index (χ2v) is 25.5. The number of carbonyl (C=O) groups excluding carboxylic acids is 5. The molecule has 3 atom stereocenters. The molecule has 5 aromatic carbocycles. The number of amides is 2. The van der Waals surface area contributed by atoms with Crippen LogP contribution in [0.4, 0.5) is 14.7 Å². The van der Waals surface area contributed by atoms with Gasteiger partial charge < -0.3 is 43.9 Å². The minimum atomic E-state index is -1.91. The van der Waals surface area contributed by atoms with Crippen LogP contribution in [0, 0.1) is 0 Å². The van der Waals surface area contributed by atoms with Crippen molar-refractivity contribution in [1.82, 2.24) is 15.2 Å². The van der Waals surface area contributed by atoms with E-state index in [-0.39, 0.29) is 57.7 Å². The molecule has 0 radical (unpaired) electrons. The van der Waals surface area contributed by atoms with Gasteiger partial charge in [0.1, 0.15) is 59.0 Å². The lowest BCUT2D eigenvalue weighted by Crippen LogP contribution is -2.74. The molecule has 0 aliphatic carbocycles. The van der Waals surface area contributed by atoms with Gasteiger partial charge in [-0.25, -0.2) is 19.4 Å². The maximum Gasteiger partial charge on any atom is 0.514 e. The zero-order chi connectivity index (χ0) is 59.2. The number of nitrogens with one attached hydrogen (secondary N) is 2. The average Bonchev–Trinajstić information content (AvgIpc) is 1.69. The number of anilines is 1. The highest BCUT2D eigenvalue weighted by molar-refractivity contribution is 8.01. The molecular weight excluding hydrogens is 1140 g/mol. The van der Waals surface area contributed by atoms with Crippen molar-refractivity contribution in [2.45, 2.75) is 80.5 Å². The normalized spacial score (nSPS) is 16.2. The first kappa shape index (κ1) is 59.2. The molecule has 9 rings (SSSR count). The predicted molar refractivity (Wildman–Crippen MR) is 316 cm³/mol. The van der Waals surface area contributed by atoms with Gasteiger partial charge in [-0.3, -0.25) is 23.5 Å². The van der Waals surface area contributed by atoms with Gasteiger partial charge in [0.25, 0.3) is 11.8 Å². The van der Waals surface area contributed by atoms with Crippen molar-refractivity contribution in [2.24, 2.45) is 5.16 Å². The molecule has 1 saturated heterocycles. The highest BCUT2D eigenvalue weighted by atomic mass is 32.2. The molecule has 7 aromatic rings. The van der Waals surface area contributed by atoms with Crippen molar-refractivity contribution in [1.29, 1.82) is 0 Å². The third-order valence-electron chi connectivity index (χ3n) is 12.6. The lowest BCUT2D eigenvalue weighted by molar-refractivity contribution is -0.153. The van der Waals surface area contributed by atoms with Gasteiger partial charge in [-0.15, -0.1) is 34.4 Å². The van der Waals surface area contributed by atoms with Crippen LogP contribution in [0.5, 0.6) is 17.2 Å². The molecule has 23 heteroatoms. The Labute approximate surface area is 492 Å². The number of aromatic nitrogens is 1. The van der Waals surface area contributed by atoms with E-state index in [9.17, 15) is 33.0 Å². The minimum absolute atomic E-state index is 0.0558. The van der Waals surface area contributed by atoms with Crippen molar-refractivity contribution in [3.8, 4) is 17.2 Å². The Morgan fingerprint density at radius 2 is 1.34 bits per heavy atom. The summed E-state index contributed by atoms with van der Waals surface area (Å²) in [6.07, 6.45) is -2.22. The number of esters is 1. The van der Waals surface area contributed by atoms with Crippen molar-refractivity contribution in [3.63, 3.8) is 0 Å². The summed E-state index contributed by atoms with van der Waals surface area (Å²) < 4.78 is 47.9. The van der Waals surface area contributed by atoms with E-state index in [1.54, 1.807) is 71.2 Å². The summed E-state index contributed by atoms with van der Waals surface area (Å²) in [5.41, 5.74) is -0.0236. The first-order chi connectivity index (χ1) is 39.6. The predicted octanol–water partition coefficient (Wildman–Crippen LogP) is 10.3. The van der Waals surface area contributed by atoms with E-state index in [1.165, 1.54) is 43.8 Å².